The minimum absolute atomic E-state index is 0.898. The Balaban J connectivity index is 2.30. The quantitative estimate of drug-likeness (QED) is 0.564. The molecule has 0 radical (unpaired) electrons. The summed E-state index contributed by atoms with van der Waals surface area (Å²) in [6.07, 6.45) is -1.07. The zero-order valence-electron chi connectivity index (χ0n) is 15.1. The van der Waals surface area contributed by atoms with Crippen LogP contribution in [0.25, 0.3) is 0 Å². The Hall–Kier alpha value is -2.95. The van der Waals surface area contributed by atoms with E-state index in [1.54, 1.807) is 0 Å². The van der Waals surface area contributed by atoms with Gasteiger partial charge in [-0.25, -0.2) is 0 Å². The minimum Gasteiger partial charge on any atom is -0.480 e. The van der Waals surface area contributed by atoms with Crippen LogP contribution in [0, 0.1) is 0 Å². The van der Waals surface area contributed by atoms with Crippen LogP contribution in [-0.4, -0.2) is 28.3 Å². The molecule has 4 nitrogen and oxygen atoms in total. The van der Waals surface area contributed by atoms with Crippen molar-refractivity contribution >= 4 is 5.97 Å². The average molecular weight is 361 g/mol. The van der Waals surface area contributed by atoms with Gasteiger partial charge in [-0.2, -0.15) is 0 Å². The number of hydrogen-bond acceptors (Lipinski definition) is 3. The first-order valence-electron chi connectivity index (χ1n) is 8.91. The van der Waals surface area contributed by atoms with E-state index in [1.165, 1.54) is 6.92 Å². The smallest absolute Gasteiger partial charge is 0.323 e. The van der Waals surface area contributed by atoms with Gasteiger partial charge in [0.1, 0.15) is 6.04 Å². The predicted octanol–water partition coefficient (Wildman–Crippen LogP) is 3.40. The van der Waals surface area contributed by atoms with Crippen LogP contribution < -0.4 is 5.32 Å². The van der Waals surface area contributed by atoms with E-state index in [2.05, 4.69) is 5.32 Å². The number of carboxylic acid groups (broad SMARTS) is 1. The summed E-state index contributed by atoms with van der Waals surface area (Å²) in [5.74, 6) is -1.10. The lowest BCUT2D eigenvalue weighted by molar-refractivity contribution is -0.142. The number of carboxylic acids is 1. The van der Waals surface area contributed by atoms with E-state index in [0.29, 0.717) is 0 Å². The third-order valence-electron chi connectivity index (χ3n) is 4.74. The van der Waals surface area contributed by atoms with Gasteiger partial charge in [0.25, 0.3) is 0 Å². The van der Waals surface area contributed by atoms with E-state index in [9.17, 15) is 15.0 Å². The molecule has 0 aliphatic carbocycles. The van der Waals surface area contributed by atoms with Crippen molar-refractivity contribution in [3.8, 4) is 0 Å². The second kappa shape index (κ2) is 8.16. The summed E-state index contributed by atoms with van der Waals surface area (Å²) < 4.78 is 0. The standard InChI is InChI=1S/C23H23NO3/c1-17(25)21(22(26)27)24-23(18-11-5-2-6-12-18,19-13-7-3-8-14-19)20-15-9-4-10-16-20/h2-17,21,24-25H,1H3,(H,26,27)/t17-,21+/m0/s1. The lowest BCUT2D eigenvalue weighted by Gasteiger charge is -2.39. The largest absolute Gasteiger partial charge is 0.480 e. The fourth-order valence-electron chi connectivity index (χ4n) is 3.44. The number of nitrogens with one attached hydrogen (secondary N) is 1. The molecule has 3 rings (SSSR count). The molecule has 0 unspecified atom stereocenters. The Bertz CT molecular complexity index is 767. The van der Waals surface area contributed by atoms with Crippen LogP contribution >= 0.6 is 0 Å². The lowest BCUT2D eigenvalue weighted by Crippen LogP contribution is -2.56. The maximum absolute atomic E-state index is 11.9. The van der Waals surface area contributed by atoms with Gasteiger partial charge in [-0.1, -0.05) is 91.0 Å². The van der Waals surface area contributed by atoms with Gasteiger partial charge in [0.15, 0.2) is 0 Å². The van der Waals surface area contributed by atoms with Crippen molar-refractivity contribution in [2.24, 2.45) is 0 Å². The van der Waals surface area contributed by atoms with Gasteiger partial charge in [0.05, 0.1) is 11.6 Å². The van der Waals surface area contributed by atoms with E-state index in [4.69, 9.17) is 0 Å². The van der Waals surface area contributed by atoms with Gasteiger partial charge < -0.3 is 10.2 Å². The van der Waals surface area contributed by atoms with Crippen molar-refractivity contribution in [2.75, 3.05) is 0 Å². The Labute approximate surface area is 159 Å². The van der Waals surface area contributed by atoms with Gasteiger partial charge in [0.2, 0.25) is 0 Å². The summed E-state index contributed by atoms with van der Waals surface area (Å²) >= 11 is 0. The molecule has 0 heterocycles. The molecule has 3 aromatic carbocycles. The second-order valence-electron chi connectivity index (χ2n) is 6.55. The van der Waals surface area contributed by atoms with Crippen LogP contribution in [0.4, 0.5) is 0 Å². The fourth-order valence-corrected chi connectivity index (χ4v) is 3.44. The van der Waals surface area contributed by atoms with E-state index in [1.807, 2.05) is 91.0 Å². The molecule has 3 N–H and O–H groups in total. The molecule has 0 saturated carbocycles. The maximum atomic E-state index is 11.9. The van der Waals surface area contributed by atoms with Crippen molar-refractivity contribution in [2.45, 2.75) is 24.6 Å². The van der Waals surface area contributed by atoms with Gasteiger partial charge in [-0.3, -0.25) is 10.1 Å². The molecular weight excluding hydrogens is 338 g/mol. The highest BCUT2D eigenvalue weighted by atomic mass is 16.4. The van der Waals surface area contributed by atoms with Crippen LogP contribution in [-0.2, 0) is 10.3 Å². The average Bonchev–Trinajstić information content (AvgIpc) is 2.70. The number of carbonyl (C=O) groups is 1. The number of benzene rings is 3. The molecule has 0 bridgehead atoms. The van der Waals surface area contributed by atoms with Crippen molar-refractivity contribution in [3.05, 3.63) is 108 Å². The van der Waals surface area contributed by atoms with Crippen LogP contribution in [0.3, 0.4) is 0 Å². The van der Waals surface area contributed by atoms with Crippen LogP contribution in [0.5, 0.6) is 0 Å². The highest BCUT2D eigenvalue weighted by Crippen LogP contribution is 2.37. The first kappa shape index (κ1) is 18.8. The zero-order chi connectivity index (χ0) is 19.3. The minimum atomic E-state index is -1.15. The summed E-state index contributed by atoms with van der Waals surface area (Å²) in [6, 6.07) is 28.0. The van der Waals surface area contributed by atoms with Crippen molar-refractivity contribution in [1.82, 2.24) is 5.32 Å². The van der Waals surface area contributed by atoms with Crippen molar-refractivity contribution < 1.29 is 15.0 Å². The zero-order valence-corrected chi connectivity index (χ0v) is 15.1. The van der Waals surface area contributed by atoms with Crippen molar-refractivity contribution in [1.29, 1.82) is 0 Å². The van der Waals surface area contributed by atoms with Gasteiger partial charge in [-0.05, 0) is 23.6 Å². The number of aliphatic hydroxyl groups is 1. The predicted molar refractivity (Wildman–Crippen MR) is 105 cm³/mol. The maximum Gasteiger partial charge on any atom is 0.323 e. The number of aliphatic carboxylic acids is 1. The Kier molecular flexibility index (Phi) is 5.69. The Morgan fingerprint density at radius 3 is 1.37 bits per heavy atom. The molecule has 0 fully saturated rings. The molecule has 4 heteroatoms. The molecule has 2 atom stereocenters. The summed E-state index contributed by atoms with van der Waals surface area (Å²) in [7, 11) is 0. The molecule has 0 saturated heterocycles. The lowest BCUT2D eigenvalue weighted by atomic mass is 9.76. The van der Waals surface area contributed by atoms with Crippen LogP contribution in [0.2, 0.25) is 0 Å². The molecule has 0 amide bonds. The van der Waals surface area contributed by atoms with E-state index >= 15 is 0 Å². The fraction of sp³-hybridized carbons (Fsp3) is 0.174. The highest BCUT2D eigenvalue weighted by molar-refractivity contribution is 5.75. The SMILES string of the molecule is C[C@H](O)[C@@H](NC(c1ccccc1)(c1ccccc1)c1ccccc1)C(=O)O. The molecule has 3 aromatic rings. The van der Waals surface area contributed by atoms with E-state index < -0.39 is 23.7 Å². The number of rotatable bonds is 7. The first-order valence-corrected chi connectivity index (χ1v) is 8.91. The van der Waals surface area contributed by atoms with Crippen molar-refractivity contribution in [3.63, 3.8) is 0 Å². The van der Waals surface area contributed by atoms with E-state index in [0.717, 1.165) is 16.7 Å². The monoisotopic (exact) mass is 361 g/mol. The molecule has 27 heavy (non-hydrogen) atoms. The van der Waals surface area contributed by atoms with Crippen LogP contribution in [0.1, 0.15) is 23.6 Å². The summed E-state index contributed by atoms with van der Waals surface area (Å²) in [6.45, 7) is 1.48. The Morgan fingerprint density at radius 1 is 0.778 bits per heavy atom. The first-order chi connectivity index (χ1) is 13.1. The third-order valence-corrected chi connectivity index (χ3v) is 4.74. The molecular formula is C23H23NO3. The summed E-state index contributed by atoms with van der Waals surface area (Å²) in [4.78, 5) is 11.9. The number of hydrogen-bond donors (Lipinski definition) is 3. The van der Waals surface area contributed by atoms with Crippen LogP contribution in [0.15, 0.2) is 91.0 Å². The topological polar surface area (TPSA) is 69.6 Å². The normalized spacial score (nSPS) is 13.7. The van der Waals surface area contributed by atoms with Gasteiger partial charge >= 0.3 is 5.97 Å². The van der Waals surface area contributed by atoms with Gasteiger partial charge in [-0.15, -0.1) is 0 Å². The summed E-state index contributed by atoms with van der Waals surface area (Å²) in [5, 5.41) is 23.1. The molecule has 0 aliphatic heterocycles. The third kappa shape index (κ3) is 3.77. The number of aliphatic hydroxyl groups excluding tert-OH is 1. The van der Waals surface area contributed by atoms with E-state index in [-0.39, 0.29) is 0 Å². The molecule has 0 aliphatic rings. The molecule has 138 valence electrons. The summed E-state index contributed by atoms with van der Waals surface area (Å²) in [5.41, 5.74) is 1.77. The molecule has 0 spiro atoms. The second-order valence-corrected chi connectivity index (χ2v) is 6.55. The highest BCUT2D eigenvalue weighted by Gasteiger charge is 2.41. The molecule has 0 aromatic heterocycles. The van der Waals surface area contributed by atoms with Gasteiger partial charge in [0, 0.05) is 0 Å². The Morgan fingerprint density at radius 2 is 1.11 bits per heavy atom.